The molecule has 0 aliphatic carbocycles. The fourth-order valence-corrected chi connectivity index (χ4v) is 3.49. The van der Waals surface area contributed by atoms with Crippen LogP contribution in [0.25, 0.3) is 0 Å². The van der Waals surface area contributed by atoms with Crippen molar-refractivity contribution in [3.8, 4) is 0 Å². The van der Waals surface area contributed by atoms with Crippen LogP contribution in [0.15, 0.2) is 0 Å². The third kappa shape index (κ3) is 24.7. The molecule has 33 heavy (non-hydrogen) atoms. The first-order valence-electron chi connectivity index (χ1n) is 14.0. The molecule has 0 aliphatic rings. The van der Waals surface area contributed by atoms with Gasteiger partial charge in [-0.1, -0.05) is 78.1 Å². The first-order valence-corrected chi connectivity index (χ1v) is 14.0. The third-order valence-electron chi connectivity index (χ3n) is 5.74. The van der Waals surface area contributed by atoms with Crippen molar-refractivity contribution in [3.63, 3.8) is 0 Å². The van der Waals surface area contributed by atoms with Gasteiger partial charge in [0.1, 0.15) is 0 Å². The highest BCUT2D eigenvalue weighted by atomic mass is 16.6. The Labute approximate surface area is 206 Å². The van der Waals surface area contributed by atoms with Crippen LogP contribution in [-0.2, 0) is 23.7 Å². The van der Waals surface area contributed by atoms with Gasteiger partial charge in [-0.2, -0.15) is 0 Å². The molecule has 0 heterocycles. The van der Waals surface area contributed by atoms with Gasteiger partial charge in [-0.3, -0.25) is 0 Å². The van der Waals surface area contributed by atoms with E-state index in [1.165, 1.54) is 64.2 Å². The highest BCUT2D eigenvalue weighted by Crippen LogP contribution is 2.09. The molecule has 0 aromatic carbocycles. The molecule has 5 heteroatoms. The van der Waals surface area contributed by atoms with Gasteiger partial charge in [-0.25, -0.2) is 0 Å². The Kier molecular flexibility index (Phi) is 24.8. The molecule has 200 valence electrons. The zero-order chi connectivity index (χ0) is 24.6. The van der Waals surface area contributed by atoms with E-state index in [1.54, 1.807) is 0 Å². The maximum absolute atomic E-state index is 5.90. The molecule has 4 unspecified atom stereocenters. The fourth-order valence-electron chi connectivity index (χ4n) is 3.49. The Morgan fingerprint density at radius 2 is 0.758 bits per heavy atom. The Balaban J connectivity index is 3.55. The van der Waals surface area contributed by atoms with E-state index in [2.05, 4.69) is 27.7 Å². The minimum atomic E-state index is 0.0405. The van der Waals surface area contributed by atoms with Gasteiger partial charge in [0.05, 0.1) is 50.8 Å². The Morgan fingerprint density at radius 3 is 1.27 bits per heavy atom. The molecule has 0 radical (unpaired) electrons. The summed E-state index contributed by atoms with van der Waals surface area (Å²) in [7, 11) is 0. The van der Waals surface area contributed by atoms with Gasteiger partial charge < -0.3 is 23.7 Å². The molecule has 0 bridgehead atoms. The summed E-state index contributed by atoms with van der Waals surface area (Å²) in [5.74, 6) is 0. The SMILES string of the molecule is CCCCCCCCCCOC(C)COC(C)COC(C)COC(C)COCCCCCC. The molecule has 5 nitrogen and oxygen atoms in total. The number of hydrogen-bond donors (Lipinski definition) is 0. The summed E-state index contributed by atoms with van der Waals surface area (Å²) in [6.45, 7) is 16.8. The smallest absolute Gasteiger partial charge is 0.0781 e. The molecule has 0 fully saturated rings. The molecule has 0 aliphatic heterocycles. The summed E-state index contributed by atoms with van der Waals surface area (Å²) in [6.07, 6.45) is 15.8. The third-order valence-corrected chi connectivity index (χ3v) is 5.74. The maximum atomic E-state index is 5.90. The van der Waals surface area contributed by atoms with Crippen LogP contribution in [-0.4, -0.2) is 64.1 Å². The fraction of sp³-hybridized carbons (Fsp3) is 1.00. The average Bonchev–Trinajstić information content (AvgIpc) is 2.81. The number of ether oxygens (including phenoxy) is 5. The van der Waals surface area contributed by atoms with Gasteiger partial charge in [0.25, 0.3) is 0 Å². The van der Waals surface area contributed by atoms with Crippen LogP contribution in [0.5, 0.6) is 0 Å². The van der Waals surface area contributed by atoms with Gasteiger partial charge >= 0.3 is 0 Å². The second kappa shape index (κ2) is 24.9. The highest BCUT2D eigenvalue weighted by molar-refractivity contribution is 4.57. The van der Waals surface area contributed by atoms with Crippen molar-refractivity contribution in [2.24, 2.45) is 0 Å². The van der Waals surface area contributed by atoms with Crippen LogP contribution < -0.4 is 0 Å². The van der Waals surface area contributed by atoms with Gasteiger partial charge in [0.15, 0.2) is 0 Å². The largest absolute Gasteiger partial charge is 0.379 e. The molecule has 0 spiro atoms. The predicted molar refractivity (Wildman–Crippen MR) is 139 cm³/mol. The molecule has 0 rings (SSSR count). The minimum Gasteiger partial charge on any atom is -0.379 e. The standard InChI is InChI=1S/C28H58O5/c1-7-9-11-13-14-15-16-18-20-30-26(4)22-32-28(6)24-33-27(5)23-31-25(3)21-29-19-17-12-10-8-2/h25-28H,7-24H2,1-6H3. The van der Waals surface area contributed by atoms with Crippen molar-refractivity contribution in [1.29, 1.82) is 0 Å². The molecule has 0 amide bonds. The summed E-state index contributed by atoms with van der Waals surface area (Å²) in [5.41, 5.74) is 0. The van der Waals surface area contributed by atoms with Crippen molar-refractivity contribution in [3.05, 3.63) is 0 Å². The van der Waals surface area contributed by atoms with Crippen molar-refractivity contribution >= 4 is 0 Å². The van der Waals surface area contributed by atoms with E-state index in [1.807, 2.05) is 13.8 Å². The first kappa shape index (κ1) is 32.8. The number of unbranched alkanes of at least 4 members (excludes halogenated alkanes) is 10. The van der Waals surface area contributed by atoms with Crippen molar-refractivity contribution in [2.45, 2.75) is 143 Å². The van der Waals surface area contributed by atoms with Crippen LogP contribution in [0.4, 0.5) is 0 Å². The predicted octanol–water partition coefficient (Wildman–Crippen LogP) is 7.34. The van der Waals surface area contributed by atoms with Crippen LogP contribution in [0.3, 0.4) is 0 Å². The lowest BCUT2D eigenvalue weighted by Gasteiger charge is -2.21. The summed E-state index contributed by atoms with van der Waals surface area (Å²) in [6, 6.07) is 0. The van der Waals surface area contributed by atoms with Crippen molar-refractivity contribution in [2.75, 3.05) is 39.6 Å². The lowest BCUT2D eigenvalue weighted by atomic mass is 10.1. The van der Waals surface area contributed by atoms with E-state index in [-0.39, 0.29) is 24.4 Å². The summed E-state index contributed by atoms with van der Waals surface area (Å²) in [4.78, 5) is 0. The van der Waals surface area contributed by atoms with Gasteiger partial charge in [-0.15, -0.1) is 0 Å². The van der Waals surface area contributed by atoms with Crippen molar-refractivity contribution < 1.29 is 23.7 Å². The van der Waals surface area contributed by atoms with Gasteiger partial charge in [0, 0.05) is 13.2 Å². The zero-order valence-electron chi connectivity index (χ0n) is 23.1. The van der Waals surface area contributed by atoms with Gasteiger partial charge in [-0.05, 0) is 40.5 Å². The zero-order valence-corrected chi connectivity index (χ0v) is 23.1. The molecule has 0 saturated heterocycles. The lowest BCUT2D eigenvalue weighted by molar-refractivity contribution is -0.0922. The normalized spacial score (nSPS) is 15.5. The van der Waals surface area contributed by atoms with Crippen molar-refractivity contribution in [1.82, 2.24) is 0 Å². The molecule has 0 saturated carbocycles. The molecule has 0 aromatic heterocycles. The van der Waals surface area contributed by atoms with Crippen LogP contribution in [0.2, 0.25) is 0 Å². The summed E-state index contributed by atoms with van der Waals surface area (Å²) in [5, 5.41) is 0. The monoisotopic (exact) mass is 474 g/mol. The van der Waals surface area contributed by atoms with E-state index in [0.717, 1.165) is 26.1 Å². The molecular formula is C28H58O5. The van der Waals surface area contributed by atoms with E-state index in [4.69, 9.17) is 23.7 Å². The Hall–Kier alpha value is -0.200. The number of hydrogen-bond acceptors (Lipinski definition) is 5. The van der Waals surface area contributed by atoms with Gasteiger partial charge in [0.2, 0.25) is 0 Å². The van der Waals surface area contributed by atoms with Crippen LogP contribution in [0, 0.1) is 0 Å². The van der Waals surface area contributed by atoms with E-state index in [9.17, 15) is 0 Å². The maximum Gasteiger partial charge on any atom is 0.0781 e. The van der Waals surface area contributed by atoms with E-state index < -0.39 is 0 Å². The minimum absolute atomic E-state index is 0.0405. The molecule has 0 N–H and O–H groups in total. The second-order valence-electron chi connectivity index (χ2n) is 9.72. The van der Waals surface area contributed by atoms with Crippen LogP contribution >= 0.6 is 0 Å². The van der Waals surface area contributed by atoms with Crippen LogP contribution in [0.1, 0.15) is 119 Å². The number of rotatable bonds is 26. The Morgan fingerprint density at radius 1 is 0.394 bits per heavy atom. The molecule has 4 atom stereocenters. The summed E-state index contributed by atoms with van der Waals surface area (Å²) >= 11 is 0. The second-order valence-corrected chi connectivity index (χ2v) is 9.72. The topological polar surface area (TPSA) is 46.2 Å². The highest BCUT2D eigenvalue weighted by Gasteiger charge is 2.11. The quantitative estimate of drug-likeness (QED) is 0.123. The van der Waals surface area contributed by atoms with E-state index in [0.29, 0.717) is 26.4 Å². The average molecular weight is 475 g/mol. The first-order chi connectivity index (χ1) is 16.0. The molecule has 0 aromatic rings. The van der Waals surface area contributed by atoms with E-state index >= 15 is 0 Å². The summed E-state index contributed by atoms with van der Waals surface area (Å²) < 4.78 is 29.2. The molecular weight excluding hydrogens is 416 g/mol. The Bertz CT molecular complexity index is 379. The lowest BCUT2D eigenvalue weighted by Crippen LogP contribution is -2.28.